The Morgan fingerprint density at radius 1 is 1.32 bits per heavy atom. The van der Waals surface area contributed by atoms with Gasteiger partial charge in [-0.3, -0.25) is 19.0 Å². The van der Waals surface area contributed by atoms with Gasteiger partial charge in [0.25, 0.3) is 17.4 Å². The third-order valence-corrected chi connectivity index (χ3v) is 5.29. The first kappa shape index (κ1) is 26.3. The molecular formula is C22H24N6O5S. The summed E-state index contributed by atoms with van der Waals surface area (Å²) < 4.78 is 11.8. The van der Waals surface area contributed by atoms with Crippen LogP contribution >= 0.6 is 11.3 Å². The van der Waals surface area contributed by atoms with Gasteiger partial charge in [0.15, 0.2) is 5.57 Å². The lowest BCUT2D eigenvalue weighted by molar-refractivity contribution is -0.121. The lowest BCUT2D eigenvalue weighted by Crippen LogP contribution is -2.34. The Labute approximate surface area is 199 Å². The minimum absolute atomic E-state index is 0.0376. The number of carbonyl (C=O) groups is 2. The summed E-state index contributed by atoms with van der Waals surface area (Å²) in [6.07, 6.45) is 6.57. The highest BCUT2D eigenvalue weighted by molar-refractivity contribution is 7.07. The van der Waals surface area contributed by atoms with E-state index in [0.717, 1.165) is 11.3 Å². The summed E-state index contributed by atoms with van der Waals surface area (Å²) in [5.74, 6) is 1.90. The van der Waals surface area contributed by atoms with Crippen LogP contribution in [0.15, 0.2) is 23.0 Å². The fourth-order valence-corrected chi connectivity index (χ4v) is 3.70. The van der Waals surface area contributed by atoms with Gasteiger partial charge in [0, 0.05) is 19.9 Å². The summed E-state index contributed by atoms with van der Waals surface area (Å²) >= 11 is 0.988. The van der Waals surface area contributed by atoms with E-state index in [0.29, 0.717) is 24.8 Å². The third kappa shape index (κ3) is 7.28. The Bertz CT molecular complexity index is 1280. The normalized spacial score (nSPS) is 11.8. The maximum atomic E-state index is 12.8. The number of thiazole rings is 1. The first-order chi connectivity index (χ1) is 16.4. The SMILES string of the molecule is C#CCNC(=O)/C(C#N)=c1\s/c(=C/Nc2cccc(NC(=O)COCCOC)n2)c(=O)n1CC. The van der Waals surface area contributed by atoms with Crippen LogP contribution in [0.5, 0.6) is 0 Å². The molecule has 0 spiro atoms. The zero-order valence-electron chi connectivity index (χ0n) is 18.7. The molecule has 0 saturated heterocycles. The van der Waals surface area contributed by atoms with Crippen LogP contribution in [0.3, 0.4) is 0 Å². The van der Waals surface area contributed by atoms with Crippen molar-refractivity contribution in [2.24, 2.45) is 0 Å². The number of methoxy groups -OCH3 is 1. The smallest absolute Gasteiger partial charge is 0.270 e. The number of nitrogens with zero attached hydrogens (tertiary/aromatic N) is 3. The van der Waals surface area contributed by atoms with Crippen LogP contribution in [-0.2, 0) is 25.6 Å². The molecule has 2 heterocycles. The number of nitriles is 1. The number of carbonyl (C=O) groups excluding carboxylic acids is 2. The molecule has 2 aromatic heterocycles. The number of aromatic nitrogens is 2. The van der Waals surface area contributed by atoms with Crippen LogP contribution in [-0.4, -0.2) is 54.8 Å². The van der Waals surface area contributed by atoms with Crippen LogP contribution in [0.4, 0.5) is 11.6 Å². The zero-order valence-corrected chi connectivity index (χ0v) is 19.5. The number of rotatable bonds is 11. The van der Waals surface area contributed by atoms with Crippen molar-refractivity contribution in [3.05, 3.63) is 37.7 Å². The summed E-state index contributed by atoms with van der Waals surface area (Å²) in [7, 11) is 1.54. The van der Waals surface area contributed by atoms with Crippen molar-refractivity contribution in [3.8, 4) is 18.4 Å². The Kier molecular flexibility index (Phi) is 10.5. The number of terminal acetylenes is 1. The fraction of sp³-hybridized carbons (Fsp3) is 0.318. The molecule has 11 nitrogen and oxygen atoms in total. The average Bonchev–Trinajstić information content (AvgIpc) is 3.14. The number of pyridine rings is 1. The highest BCUT2D eigenvalue weighted by Gasteiger charge is 2.14. The van der Waals surface area contributed by atoms with E-state index in [1.54, 1.807) is 25.1 Å². The van der Waals surface area contributed by atoms with Crippen LogP contribution < -0.4 is 30.7 Å². The van der Waals surface area contributed by atoms with E-state index in [1.807, 2.05) is 6.07 Å². The average molecular weight is 485 g/mol. The molecule has 12 heteroatoms. The summed E-state index contributed by atoms with van der Waals surface area (Å²) in [4.78, 5) is 41.2. The van der Waals surface area contributed by atoms with Gasteiger partial charge in [0.2, 0.25) is 0 Å². The molecule has 0 aromatic carbocycles. The van der Waals surface area contributed by atoms with Crippen LogP contribution in [0.2, 0.25) is 0 Å². The van der Waals surface area contributed by atoms with Crippen LogP contribution in [0.1, 0.15) is 6.92 Å². The van der Waals surface area contributed by atoms with E-state index in [9.17, 15) is 19.6 Å². The lowest BCUT2D eigenvalue weighted by atomic mass is 10.3. The summed E-state index contributed by atoms with van der Waals surface area (Å²) in [5.41, 5.74) is -0.570. The monoisotopic (exact) mass is 484 g/mol. The molecule has 0 bridgehead atoms. The molecular weight excluding hydrogens is 460 g/mol. The predicted octanol–water partition coefficient (Wildman–Crippen LogP) is -0.800. The Balaban J connectivity index is 2.26. The first-order valence-electron chi connectivity index (χ1n) is 10.1. The quantitative estimate of drug-likeness (QED) is 0.277. The van der Waals surface area contributed by atoms with Gasteiger partial charge < -0.3 is 25.4 Å². The first-order valence-corrected chi connectivity index (χ1v) is 10.9. The molecule has 34 heavy (non-hydrogen) atoms. The molecule has 0 unspecified atom stereocenters. The van der Waals surface area contributed by atoms with Gasteiger partial charge in [-0.25, -0.2) is 4.98 Å². The van der Waals surface area contributed by atoms with E-state index < -0.39 is 5.91 Å². The molecule has 0 saturated carbocycles. The Morgan fingerprint density at radius 2 is 2.09 bits per heavy atom. The largest absolute Gasteiger partial charge is 0.382 e. The second-order valence-corrected chi connectivity index (χ2v) is 7.52. The van der Waals surface area contributed by atoms with Gasteiger partial charge in [-0.2, -0.15) is 5.26 Å². The third-order valence-electron chi connectivity index (χ3n) is 4.16. The molecule has 178 valence electrons. The number of anilines is 2. The number of nitrogens with one attached hydrogen (secondary N) is 3. The fourth-order valence-electron chi connectivity index (χ4n) is 2.62. The van der Waals surface area contributed by atoms with Gasteiger partial charge in [0.05, 0.1) is 19.8 Å². The van der Waals surface area contributed by atoms with Gasteiger partial charge in [-0.05, 0) is 19.1 Å². The van der Waals surface area contributed by atoms with E-state index in [2.05, 4.69) is 26.9 Å². The molecule has 0 aliphatic rings. The van der Waals surface area contributed by atoms with Gasteiger partial charge in [0.1, 0.15) is 33.5 Å². The van der Waals surface area contributed by atoms with Gasteiger partial charge >= 0.3 is 0 Å². The minimum atomic E-state index is -0.653. The summed E-state index contributed by atoms with van der Waals surface area (Å²) in [6, 6.07) is 6.77. The van der Waals surface area contributed by atoms with E-state index >= 15 is 0 Å². The molecule has 0 fully saturated rings. The number of hydrogen-bond donors (Lipinski definition) is 3. The second-order valence-electron chi connectivity index (χ2n) is 6.48. The van der Waals surface area contributed by atoms with E-state index in [-0.39, 0.29) is 45.9 Å². The summed E-state index contributed by atoms with van der Waals surface area (Å²) in [6.45, 7) is 2.49. The Hall–Kier alpha value is -3.97. The van der Waals surface area contributed by atoms with Crippen molar-refractivity contribution in [2.45, 2.75) is 13.5 Å². The standard InChI is InChI=1S/C22H24N6O5S/c1-4-9-24-20(30)15(12-23)22-28(5-2)21(31)16(34-22)13-25-17-7-6-8-18(26-17)27-19(29)14-33-11-10-32-3/h1,6-8,13H,5,9-11,14H2,2-3H3,(H,24,30)(H2,25,26,27,29)/b16-13+,22-15-. The van der Waals surface area contributed by atoms with Crippen molar-refractivity contribution < 1.29 is 19.1 Å². The maximum Gasteiger partial charge on any atom is 0.270 e. The predicted molar refractivity (Wildman–Crippen MR) is 128 cm³/mol. The molecule has 0 atom stereocenters. The molecule has 0 radical (unpaired) electrons. The van der Waals surface area contributed by atoms with E-state index in [1.165, 1.54) is 17.9 Å². The lowest BCUT2D eigenvalue weighted by Gasteiger charge is -2.07. The number of amides is 2. The van der Waals surface area contributed by atoms with Crippen molar-refractivity contribution >= 4 is 46.6 Å². The molecule has 2 amide bonds. The van der Waals surface area contributed by atoms with Gasteiger partial charge in [-0.1, -0.05) is 12.0 Å². The molecule has 2 rings (SSSR count). The molecule has 0 aliphatic heterocycles. The maximum absolute atomic E-state index is 12.8. The topological polar surface area (TPSA) is 147 Å². The number of ether oxygens (including phenoxy) is 2. The van der Waals surface area contributed by atoms with Crippen molar-refractivity contribution in [1.29, 1.82) is 5.26 Å². The van der Waals surface area contributed by atoms with Crippen molar-refractivity contribution in [2.75, 3.05) is 44.1 Å². The van der Waals surface area contributed by atoms with Gasteiger partial charge in [-0.15, -0.1) is 17.8 Å². The molecule has 2 aromatic rings. The van der Waals surface area contributed by atoms with Crippen LogP contribution in [0.25, 0.3) is 11.8 Å². The van der Waals surface area contributed by atoms with Crippen molar-refractivity contribution in [1.82, 2.24) is 14.9 Å². The molecule has 0 aliphatic carbocycles. The van der Waals surface area contributed by atoms with Crippen LogP contribution in [0, 0.1) is 23.7 Å². The Morgan fingerprint density at radius 3 is 2.76 bits per heavy atom. The highest BCUT2D eigenvalue weighted by Crippen LogP contribution is 2.09. The molecule has 3 N–H and O–H groups in total. The van der Waals surface area contributed by atoms with E-state index in [4.69, 9.17) is 15.9 Å². The number of hydrogen-bond acceptors (Lipinski definition) is 9. The highest BCUT2D eigenvalue weighted by atomic mass is 32.1. The minimum Gasteiger partial charge on any atom is -0.382 e. The summed E-state index contributed by atoms with van der Waals surface area (Å²) in [5, 5.41) is 17.4. The zero-order chi connectivity index (χ0) is 24.9. The second kappa shape index (κ2) is 13.5. The van der Waals surface area contributed by atoms with Crippen molar-refractivity contribution in [3.63, 3.8) is 0 Å².